The third kappa shape index (κ3) is 10.6. The van der Waals surface area contributed by atoms with Crippen LogP contribution in [0.25, 0.3) is 0 Å². The van der Waals surface area contributed by atoms with E-state index in [9.17, 15) is 0 Å². The average molecular weight is 425 g/mol. The van der Waals surface area contributed by atoms with E-state index in [1.807, 2.05) is 6.92 Å². The first-order chi connectivity index (χ1) is 10.3. The van der Waals surface area contributed by atoms with E-state index in [4.69, 9.17) is 9.73 Å². The summed E-state index contributed by atoms with van der Waals surface area (Å²) in [5.74, 6) is 2.64. The first kappa shape index (κ1) is 22.0. The molecule has 5 heteroatoms. The smallest absolute Gasteiger partial charge is 0.191 e. The number of unbranched alkanes of at least 4 members (excludes halogenated alkanes) is 1. The number of halogens is 1. The van der Waals surface area contributed by atoms with Gasteiger partial charge in [-0.1, -0.05) is 19.8 Å². The Bertz CT molecular complexity index is 287. The van der Waals surface area contributed by atoms with Gasteiger partial charge >= 0.3 is 0 Å². The summed E-state index contributed by atoms with van der Waals surface area (Å²) in [4.78, 5) is 4.77. The van der Waals surface area contributed by atoms with Gasteiger partial charge in [0.15, 0.2) is 5.96 Å². The number of aliphatic imine (C=N–C) groups is 1. The lowest BCUT2D eigenvalue weighted by atomic mass is 9.82. The van der Waals surface area contributed by atoms with Crippen LogP contribution in [-0.4, -0.2) is 38.8 Å². The van der Waals surface area contributed by atoms with Crippen LogP contribution < -0.4 is 10.6 Å². The summed E-state index contributed by atoms with van der Waals surface area (Å²) in [6.07, 6.45) is 7.71. The Morgan fingerprint density at radius 2 is 2.00 bits per heavy atom. The lowest BCUT2D eigenvalue weighted by Gasteiger charge is -2.25. The minimum absolute atomic E-state index is 0. The standard InChI is InChI=1S/C17H35N3O.HI/c1-4-18-17(19-11-6-7-12-21-5-2)20-14-16-10-8-9-15(3)13-16;/h15-16H,4-14H2,1-3H3,(H2,18,19,20);1H. The van der Waals surface area contributed by atoms with Crippen molar-refractivity contribution in [3.63, 3.8) is 0 Å². The first-order valence-corrected chi connectivity index (χ1v) is 8.86. The molecule has 1 rings (SSSR count). The molecule has 2 N–H and O–H groups in total. The molecule has 0 saturated heterocycles. The zero-order valence-corrected chi connectivity index (χ0v) is 17.0. The van der Waals surface area contributed by atoms with Crippen molar-refractivity contribution in [3.8, 4) is 0 Å². The van der Waals surface area contributed by atoms with Crippen LogP contribution >= 0.6 is 24.0 Å². The summed E-state index contributed by atoms with van der Waals surface area (Å²) in [5, 5.41) is 6.77. The Morgan fingerprint density at radius 3 is 2.68 bits per heavy atom. The Labute approximate surface area is 154 Å². The zero-order chi connectivity index (χ0) is 15.3. The lowest BCUT2D eigenvalue weighted by Crippen LogP contribution is -2.38. The Balaban J connectivity index is 0.00000441. The molecule has 0 aliphatic heterocycles. The van der Waals surface area contributed by atoms with Crippen LogP contribution in [0.4, 0.5) is 0 Å². The number of rotatable bonds is 9. The number of nitrogens with one attached hydrogen (secondary N) is 2. The minimum atomic E-state index is 0. The van der Waals surface area contributed by atoms with E-state index < -0.39 is 0 Å². The fraction of sp³-hybridized carbons (Fsp3) is 0.941. The maximum Gasteiger partial charge on any atom is 0.191 e. The minimum Gasteiger partial charge on any atom is -0.382 e. The topological polar surface area (TPSA) is 45.7 Å². The number of nitrogens with zero attached hydrogens (tertiary/aromatic N) is 1. The molecule has 0 aromatic carbocycles. The first-order valence-electron chi connectivity index (χ1n) is 8.86. The molecule has 22 heavy (non-hydrogen) atoms. The second-order valence-corrected chi connectivity index (χ2v) is 6.19. The number of guanidine groups is 1. The monoisotopic (exact) mass is 425 g/mol. The van der Waals surface area contributed by atoms with Crippen molar-refractivity contribution >= 4 is 29.9 Å². The van der Waals surface area contributed by atoms with Gasteiger partial charge in [0.1, 0.15) is 0 Å². The average Bonchev–Trinajstić information content (AvgIpc) is 2.48. The summed E-state index contributed by atoms with van der Waals surface area (Å²) in [6, 6.07) is 0. The normalized spacial score (nSPS) is 22.0. The molecule has 0 bridgehead atoms. The Kier molecular flexibility index (Phi) is 14.5. The van der Waals surface area contributed by atoms with Crippen molar-refractivity contribution in [3.05, 3.63) is 0 Å². The molecule has 1 aliphatic carbocycles. The van der Waals surface area contributed by atoms with Gasteiger partial charge in [-0.05, 0) is 51.4 Å². The predicted molar refractivity (Wildman–Crippen MR) is 106 cm³/mol. The molecule has 0 amide bonds. The third-order valence-corrected chi connectivity index (χ3v) is 4.11. The fourth-order valence-electron chi connectivity index (χ4n) is 2.97. The summed E-state index contributed by atoms with van der Waals surface area (Å²) < 4.78 is 5.35. The molecule has 2 unspecified atom stereocenters. The van der Waals surface area contributed by atoms with Crippen LogP contribution in [-0.2, 0) is 4.74 Å². The molecule has 0 radical (unpaired) electrons. The highest BCUT2D eigenvalue weighted by Gasteiger charge is 2.18. The van der Waals surface area contributed by atoms with Gasteiger partial charge in [0.05, 0.1) is 0 Å². The molecule has 0 spiro atoms. The molecule has 132 valence electrons. The number of ether oxygens (including phenoxy) is 1. The van der Waals surface area contributed by atoms with Crippen molar-refractivity contribution in [1.82, 2.24) is 10.6 Å². The van der Waals surface area contributed by atoms with Gasteiger partial charge in [-0.3, -0.25) is 4.99 Å². The third-order valence-electron chi connectivity index (χ3n) is 4.11. The second kappa shape index (κ2) is 14.5. The lowest BCUT2D eigenvalue weighted by molar-refractivity contribution is 0.143. The summed E-state index contributed by atoms with van der Waals surface area (Å²) in [7, 11) is 0. The van der Waals surface area contributed by atoms with Crippen molar-refractivity contribution < 1.29 is 4.74 Å². The van der Waals surface area contributed by atoms with Crippen molar-refractivity contribution in [2.24, 2.45) is 16.8 Å². The predicted octanol–water partition coefficient (Wildman–Crippen LogP) is 3.80. The molecular weight excluding hydrogens is 389 g/mol. The summed E-state index contributed by atoms with van der Waals surface area (Å²) in [6.45, 7) is 11.1. The Morgan fingerprint density at radius 1 is 1.18 bits per heavy atom. The van der Waals surface area contributed by atoms with Gasteiger partial charge in [0.2, 0.25) is 0 Å². The van der Waals surface area contributed by atoms with Crippen LogP contribution in [0.2, 0.25) is 0 Å². The maximum atomic E-state index is 5.35. The number of hydrogen-bond acceptors (Lipinski definition) is 2. The zero-order valence-electron chi connectivity index (χ0n) is 14.7. The molecule has 2 atom stereocenters. The fourth-order valence-corrected chi connectivity index (χ4v) is 2.97. The second-order valence-electron chi connectivity index (χ2n) is 6.19. The largest absolute Gasteiger partial charge is 0.382 e. The highest BCUT2D eigenvalue weighted by molar-refractivity contribution is 14.0. The van der Waals surface area contributed by atoms with E-state index in [1.165, 1.54) is 25.7 Å². The van der Waals surface area contributed by atoms with Crippen molar-refractivity contribution in [1.29, 1.82) is 0 Å². The van der Waals surface area contributed by atoms with Crippen LogP contribution in [0.15, 0.2) is 4.99 Å². The summed E-state index contributed by atoms with van der Waals surface area (Å²) in [5.41, 5.74) is 0. The molecule has 1 fully saturated rings. The van der Waals surface area contributed by atoms with Gasteiger partial charge in [-0.2, -0.15) is 0 Å². The van der Waals surface area contributed by atoms with E-state index in [0.29, 0.717) is 0 Å². The van der Waals surface area contributed by atoms with E-state index in [1.54, 1.807) is 0 Å². The molecule has 4 nitrogen and oxygen atoms in total. The van der Waals surface area contributed by atoms with Crippen molar-refractivity contribution in [2.75, 3.05) is 32.8 Å². The van der Waals surface area contributed by atoms with Crippen molar-refractivity contribution in [2.45, 2.75) is 59.3 Å². The van der Waals surface area contributed by atoms with Crippen LogP contribution in [0.1, 0.15) is 59.3 Å². The van der Waals surface area contributed by atoms with Gasteiger partial charge in [-0.15, -0.1) is 24.0 Å². The van der Waals surface area contributed by atoms with Gasteiger partial charge in [-0.25, -0.2) is 0 Å². The van der Waals surface area contributed by atoms with Gasteiger partial charge in [0.25, 0.3) is 0 Å². The molecule has 0 heterocycles. The number of hydrogen-bond donors (Lipinski definition) is 2. The molecule has 0 aromatic heterocycles. The van der Waals surface area contributed by atoms with Gasteiger partial charge in [0, 0.05) is 32.8 Å². The maximum absolute atomic E-state index is 5.35. The summed E-state index contributed by atoms with van der Waals surface area (Å²) >= 11 is 0. The highest BCUT2D eigenvalue weighted by atomic mass is 127. The highest BCUT2D eigenvalue weighted by Crippen LogP contribution is 2.28. The molecule has 0 aromatic rings. The van der Waals surface area contributed by atoms with E-state index in [0.717, 1.165) is 63.5 Å². The van der Waals surface area contributed by atoms with E-state index >= 15 is 0 Å². The quantitative estimate of drug-likeness (QED) is 0.256. The van der Waals surface area contributed by atoms with E-state index in [2.05, 4.69) is 24.5 Å². The SMILES string of the molecule is CCNC(=NCC1CCCC(C)C1)NCCCCOCC.I. The molecular formula is C17H36IN3O. The van der Waals surface area contributed by atoms with Crippen LogP contribution in [0.3, 0.4) is 0 Å². The van der Waals surface area contributed by atoms with E-state index in [-0.39, 0.29) is 24.0 Å². The molecule has 1 saturated carbocycles. The van der Waals surface area contributed by atoms with Crippen LogP contribution in [0, 0.1) is 11.8 Å². The Hall–Kier alpha value is -0.0400. The van der Waals surface area contributed by atoms with Crippen LogP contribution in [0.5, 0.6) is 0 Å². The molecule has 1 aliphatic rings. The van der Waals surface area contributed by atoms with Gasteiger partial charge < -0.3 is 15.4 Å².